The van der Waals surface area contributed by atoms with Crippen LogP contribution >= 0.6 is 11.6 Å². The van der Waals surface area contributed by atoms with Crippen LogP contribution in [-0.2, 0) is 16.1 Å². The number of nitrogens with one attached hydrogen (secondary N) is 2. The van der Waals surface area contributed by atoms with E-state index in [1.807, 2.05) is 0 Å². The number of carbonyl (C=O) groups is 1. The minimum Gasteiger partial charge on any atom is -0.361 e. The number of amides is 1. The van der Waals surface area contributed by atoms with Crippen LogP contribution < -0.4 is 11.0 Å². The van der Waals surface area contributed by atoms with Gasteiger partial charge >= 0.3 is 11.9 Å². The molecular weight excluding hydrogens is 480 g/mol. The molecule has 0 fully saturated rings. The SMILES string of the molecule is COC(C)(C(=O)NCc1ccc(Cl)c(-c2nc(-c3ccc(F)c(C)c3)nc(=O)[nH]2)c1)C(F)(F)F. The first-order valence-electron chi connectivity index (χ1n) is 9.79. The van der Waals surface area contributed by atoms with Crippen LogP contribution in [0, 0.1) is 12.7 Å². The van der Waals surface area contributed by atoms with Crippen molar-refractivity contribution in [3.63, 3.8) is 0 Å². The molecule has 1 heterocycles. The summed E-state index contributed by atoms with van der Waals surface area (Å²) in [6, 6.07) is 8.52. The number of rotatable bonds is 6. The summed E-state index contributed by atoms with van der Waals surface area (Å²) in [6.45, 7) is 1.90. The van der Waals surface area contributed by atoms with E-state index in [4.69, 9.17) is 11.6 Å². The first-order chi connectivity index (χ1) is 15.9. The molecule has 1 atom stereocenters. The fourth-order valence-corrected chi connectivity index (χ4v) is 3.18. The second-order valence-corrected chi connectivity index (χ2v) is 7.93. The second-order valence-electron chi connectivity index (χ2n) is 7.52. The Balaban J connectivity index is 1.92. The molecule has 0 bridgehead atoms. The van der Waals surface area contributed by atoms with Gasteiger partial charge in [-0.3, -0.25) is 9.78 Å². The van der Waals surface area contributed by atoms with Crippen molar-refractivity contribution in [1.29, 1.82) is 0 Å². The molecule has 0 spiro atoms. The molecule has 0 radical (unpaired) electrons. The van der Waals surface area contributed by atoms with Crippen LogP contribution in [0.5, 0.6) is 0 Å². The zero-order chi connectivity index (χ0) is 25.3. The lowest BCUT2D eigenvalue weighted by Crippen LogP contribution is -2.55. The van der Waals surface area contributed by atoms with E-state index in [-0.39, 0.29) is 28.8 Å². The standard InChI is InChI=1S/C22H19ClF4N4O3/c1-11-8-13(5-7-16(11)24)17-29-18(31-20(33)30-17)14-9-12(4-6-15(14)23)10-28-19(32)21(2,34-3)22(25,26)27/h4-9H,10H2,1-3H3,(H,28,32)(H,29,30,31,33). The predicted molar refractivity (Wildman–Crippen MR) is 117 cm³/mol. The van der Waals surface area contributed by atoms with Crippen LogP contribution in [0.1, 0.15) is 18.1 Å². The lowest BCUT2D eigenvalue weighted by Gasteiger charge is -2.29. The highest BCUT2D eigenvalue weighted by Crippen LogP contribution is 2.33. The summed E-state index contributed by atoms with van der Waals surface area (Å²) in [7, 11) is 0.791. The molecule has 0 saturated heterocycles. The van der Waals surface area contributed by atoms with Crippen molar-refractivity contribution in [3.8, 4) is 22.8 Å². The fraction of sp³-hybridized carbons (Fsp3) is 0.273. The summed E-state index contributed by atoms with van der Waals surface area (Å²) < 4.78 is 57.6. The number of alkyl halides is 3. The van der Waals surface area contributed by atoms with Gasteiger partial charge in [0, 0.05) is 24.8 Å². The second kappa shape index (κ2) is 9.51. The summed E-state index contributed by atoms with van der Waals surface area (Å²) in [5.41, 5.74) is -2.40. The maximum absolute atomic E-state index is 13.6. The number of methoxy groups -OCH3 is 1. The molecule has 0 aliphatic carbocycles. The summed E-state index contributed by atoms with van der Waals surface area (Å²) in [4.78, 5) is 34.9. The Morgan fingerprint density at radius 3 is 2.50 bits per heavy atom. The van der Waals surface area contributed by atoms with E-state index in [1.165, 1.54) is 36.4 Å². The number of ether oxygens (including phenoxy) is 1. The highest BCUT2D eigenvalue weighted by molar-refractivity contribution is 6.33. The fourth-order valence-electron chi connectivity index (χ4n) is 2.98. The number of benzene rings is 2. The van der Waals surface area contributed by atoms with Crippen LogP contribution in [0.4, 0.5) is 17.6 Å². The Morgan fingerprint density at radius 1 is 1.18 bits per heavy atom. The van der Waals surface area contributed by atoms with E-state index >= 15 is 0 Å². The first-order valence-corrected chi connectivity index (χ1v) is 10.2. The number of nitrogens with zero attached hydrogens (tertiary/aromatic N) is 2. The predicted octanol–water partition coefficient (Wildman–Crippen LogP) is 4.18. The Hall–Kier alpha value is -3.31. The van der Waals surface area contributed by atoms with Crippen LogP contribution in [0.2, 0.25) is 5.02 Å². The third-order valence-electron chi connectivity index (χ3n) is 5.19. The van der Waals surface area contributed by atoms with Gasteiger partial charge < -0.3 is 10.1 Å². The normalized spacial score (nSPS) is 13.4. The van der Waals surface area contributed by atoms with Crippen molar-refractivity contribution in [2.45, 2.75) is 32.2 Å². The molecule has 3 aromatic rings. The van der Waals surface area contributed by atoms with E-state index in [2.05, 4.69) is 25.0 Å². The monoisotopic (exact) mass is 498 g/mol. The van der Waals surface area contributed by atoms with Gasteiger partial charge in [0.15, 0.2) is 5.82 Å². The molecule has 7 nitrogen and oxygen atoms in total. The van der Waals surface area contributed by atoms with E-state index in [0.29, 0.717) is 23.6 Å². The third-order valence-corrected chi connectivity index (χ3v) is 5.52. The van der Waals surface area contributed by atoms with Crippen molar-refractivity contribution in [1.82, 2.24) is 20.3 Å². The zero-order valence-electron chi connectivity index (χ0n) is 18.2. The summed E-state index contributed by atoms with van der Waals surface area (Å²) in [5, 5.41) is 2.37. The quantitative estimate of drug-likeness (QED) is 0.497. The summed E-state index contributed by atoms with van der Waals surface area (Å²) in [6.07, 6.45) is -4.92. The van der Waals surface area contributed by atoms with Gasteiger partial charge in [-0.25, -0.2) is 14.2 Å². The average molecular weight is 499 g/mol. The number of carbonyl (C=O) groups excluding carboxylic acids is 1. The van der Waals surface area contributed by atoms with E-state index in [0.717, 1.165) is 7.11 Å². The molecule has 3 rings (SSSR count). The van der Waals surface area contributed by atoms with Crippen LogP contribution in [0.3, 0.4) is 0 Å². The van der Waals surface area contributed by atoms with Gasteiger partial charge in [-0.05, 0) is 55.3 Å². The van der Waals surface area contributed by atoms with Crippen molar-refractivity contribution in [2.24, 2.45) is 0 Å². The minimum atomic E-state index is -4.92. The number of hydrogen-bond acceptors (Lipinski definition) is 5. The number of hydrogen-bond donors (Lipinski definition) is 2. The molecule has 2 N–H and O–H groups in total. The molecule has 0 saturated carbocycles. The lowest BCUT2D eigenvalue weighted by atomic mass is 10.0. The maximum Gasteiger partial charge on any atom is 0.426 e. The Morgan fingerprint density at radius 2 is 1.88 bits per heavy atom. The van der Waals surface area contributed by atoms with E-state index in [9.17, 15) is 27.2 Å². The summed E-state index contributed by atoms with van der Waals surface area (Å²) in [5.74, 6) is -1.74. The van der Waals surface area contributed by atoms with Gasteiger partial charge in [-0.15, -0.1) is 0 Å². The minimum absolute atomic E-state index is 0.0256. The average Bonchev–Trinajstić information content (AvgIpc) is 2.78. The largest absolute Gasteiger partial charge is 0.426 e. The van der Waals surface area contributed by atoms with E-state index < -0.39 is 29.2 Å². The molecule has 1 aromatic heterocycles. The van der Waals surface area contributed by atoms with E-state index in [1.54, 1.807) is 6.92 Å². The first kappa shape index (κ1) is 25.3. The van der Waals surface area contributed by atoms with Gasteiger partial charge in [0.25, 0.3) is 5.91 Å². The zero-order valence-corrected chi connectivity index (χ0v) is 18.9. The van der Waals surface area contributed by atoms with Crippen molar-refractivity contribution < 1.29 is 27.1 Å². The molecular formula is C22H19ClF4N4O3. The molecule has 0 aliphatic rings. The van der Waals surface area contributed by atoms with Gasteiger partial charge in [0.05, 0.1) is 5.02 Å². The Bertz CT molecular complexity index is 1300. The Labute approximate surface area is 196 Å². The van der Waals surface area contributed by atoms with Crippen molar-refractivity contribution in [2.75, 3.05) is 7.11 Å². The van der Waals surface area contributed by atoms with Gasteiger partial charge in [-0.2, -0.15) is 18.2 Å². The van der Waals surface area contributed by atoms with Gasteiger partial charge in [-0.1, -0.05) is 17.7 Å². The number of aromatic amines is 1. The molecule has 1 unspecified atom stereocenters. The number of aryl methyl sites for hydroxylation is 1. The molecule has 12 heteroatoms. The smallest absolute Gasteiger partial charge is 0.361 e. The van der Waals surface area contributed by atoms with Gasteiger partial charge in [0.2, 0.25) is 5.60 Å². The Kier molecular flexibility index (Phi) is 7.08. The maximum atomic E-state index is 13.6. The third kappa shape index (κ3) is 5.10. The topological polar surface area (TPSA) is 97.0 Å². The van der Waals surface area contributed by atoms with Crippen LogP contribution in [0.25, 0.3) is 22.8 Å². The molecule has 34 heavy (non-hydrogen) atoms. The van der Waals surface area contributed by atoms with Crippen LogP contribution in [-0.4, -0.2) is 39.7 Å². The molecule has 180 valence electrons. The highest BCUT2D eigenvalue weighted by atomic mass is 35.5. The van der Waals surface area contributed by atoms with Crippen LogP contribution in [0.15, 0.2) is 41.2 Å². The summed E-state index contributed by atoms with van der Waals surface area (Å²) >= 11 is 6.26. The lowest BCUT2D eigenvalue weighted by molar-refractivity contribution is -0.253. The molecule has 2 aromatic carbocycles. The van der Waals surface area contributed by atoms with Crippen molar-refractivity contribution in [3.05, 3.63) is 68.8 Å². The molecule has 0 aliphatic heterocycles. The highest BCUT2D eigenvalue weighted by Gasteiger charge is 2.57. The molecule has 1 amide bonds. The number of halogens is 5. The van der Waals surface area contributed by atoms with Gasteiger partial charge in [0.1, 0.15) is 11.6 Å². The number of aromatic nitrogens is 3. The number of H-pyrrole nitrogens is 1. The van der Waals surface area contributed by atoms with Crippen molar-refractivity contribution >= 4 is 17.5 Å².